The number of ether oxygens (including phenoxy) is 1. The fourth-order valence-electron chi connectivity index (χ4n) is 4.12. The molecule has 5 heterocycles. The summed E-state index contributed by atoms with van der Waals surface area (Å²) in [5.41, 5.74) is 3.93. The van der Waals surface area contributed by atoms with Crippen LogP contribution in [0.5, 0.6) is 0 Å². The van der Waals surface area contributed by atoms with E-state index in [1.54, 1.807) is 4.68 Å². The van der Waals surface area contributed by atoms with Crippen LogP contribution in [0.15, 0.2) is 30.6 Å². The first kappa shape index (κ1) is 18.0. The van der Waals surface area contributed by atoms with E-state index in [9.17, 15) is 4.79 Å². The number of amides is 1. The molecule has 2 fully saturated rings. The van der Waals surface area contributed by atoms with Gasteiger partial charge in [-0.15, -0.1) is 11.3 Å². The lowest BCUT2D eigenvalue weighted by atomic mass is 10.0. The van der Waals surface area contributed by atoms with Crippen molar-refractivity contribution in [3.8, 4) is 11.3 Å². The number of pyridine rings is 2. The van der Waals surface area contributed by atoms with Gasteiger partial charge >= 0.3 is 0 Å². The summed E-state index contributed by atoms with van der Waals surface area (Å²) in [6.45, 7) is 2.52. The van der Waals surface area contributed by atoms with Gasteiger partial charge in [-0.25, -0.2) is 9.97 Å². The zero-order chi connectivity index (χ0) is 20.2. The van der Waals surface area contributed by atoms with Gasteiger partial charge in [-0.05, 0) is 42.5 Å². The number of carbonyl (C=O) groups excluding carboxylic acids is 1. The van der Waals surface area contributed by atoms with E-state index in [2.05, 4.69) is 22.2 Å². The number of fused-ring (bicyclic) bond motifs is 2. The van der Waals surface area contributed by atoms with Crippen LogP contribution < -0.4 is 0 Å². The Balaban J connectivity index is 1.44. The fourth-order valence-corrected chi connectivity index (χ4v) is 5.15. The SMILES string of the molecule is Cn1cc2cc(-c3cc(C4CC4)c4cc(C(=O)N5CCOCC5)sc4n3)cnc2n1. The van der Waals surface area contributed by atoms with Crippen molar-refractivity contribution in [2.45, 2.75) is 18.8 Å². The van der Waals surface area contributed by atoms with Crippen molar-refractivity contribution in [3.63, 3.8) is 0 Å². The van der Waals surface area contributed by atoms with Crippen molar-refractivity contribution in [2.75, 3.05) is 26.3 Å². The first-order chi connectivity index (χ1) is 14.7. The van der Waals surface area contributed by atoms with Crippen LogP contribution in [0.3, 0.4) is 0 Å². The maximum Gasteiger partial charge on any atom is 0.264 e. The Labute approximate surface area is 177 Å². The Hall–Kier alpha value is -2.84. The Morgan fingerprint density at radius 2 is 2.03 bits per heavy atom. The van der Waals surface area contributed by atoms with E-state index >= 15 is 0 Å². The zero-order valence-corrected chi connectivity index (χ0v) is 17.5. The Bertz CT molecular complexity index is 1280. The molecule has 0 atom stereocenters. The van der Waals surface area contributed by atoms with E-state index in [1.165, 1.54) is 29.7 Å². The van der Waals surface area contributed by atoms with Crippen molar-refractivity contribution < 1.29 is 9.53 Å². The van der Waals surface area contributed by atoms with Gasteiger partial charge < -0.3 is 9.64 Å². The summed E-state index contributed by atoms with van der Waals surface area (Å²) >= 11 is 1.49. The number of aryl methyl sites for hydroxylation is 1. The van der Waals surface area contributed by atoms with Crippen LogP contribution in [0, 0.1) is 0 Å². The number of morpholine rings is 1. The van der Waals surface area contributed by atoms with Crippen molar-refractivity contribution in [1.29, 1.82) is 0 Å². The fraction of sp³-hybridized carbons (Fsp3) is 0.364. The van der Waals surface area contributed by atoms with Gasteiger partial charge in [-0.2, -0.15) is 5.10 Å². The molecule has 4 aromatic rings. The molecule has 1 saturated carbocycles. The first-order valence-electron chi connectivity index (χ1n) is 10.3. The van der Waals surface area contributed by atoms with Gasteiger partial charge in [-0.3, -0.25) is 9.48 Å². The van der Waals surface area contributed by atoms with Crippen LogP contribution in [0.1, 0.15) is 34.0 Å². The highest BCUT2D eigenvalue weighted by molar-refractivity contribution is 7.20. The van der Waals surface area contributed by atoms with E-state index in [0.29, 0.717) is 32.2 Å². The van der Waals surface area contributed by atoms with Crippen molar-refractivity contribution >= 4 is 38.5 Å². The van der Waals surface area contributed by atoms with E-state index in [1.807, 2.05) is 30.4 Å². The number of aromatic nitrogens is 4. The smallest absolute Gasteiger partial charge is 0.264 e. The maximum absolute atomic E-state index is 13.0. The highest BCUT2D eigenvalue weighted by Crippen LogP contribution is 2.45. The summed E-state index contributed by atoms with van der Waals surface area (Å²) in [4.78, 5) is 26.0. The summed E-state index contributed by atoms with van der Waals surface area (Å²) in [5.74, 6) is 0.647. The highest BCUT2D eigenvalue weighted by Gasteiger charge is 2.29. The lowest BCUT2D eigenvalue weighted by Crippen LogP contribution is -2.40. The summed E-state index contributed by atoms with van der Waals surface area (Å²) in [7, 11) is 1.90. The molecular weight excluding hydrogens is 398 g/mol. The largest absolute Gasteiger partial charge is 0.378 e. The second kappa shape index (κ2) is 6.85. The molecule has 1 saturated heterocycles. The molecule has 0 radical (unpaired) electrons. The lowest BCUT2D eigenvalue weighted by Gasteiger charge is -2.26. The molecule has 0 aromatic carbocycles. The molecule has 4 aromatic heterocycles. The minimum absolute atomic E-state index is 0.0862. The molecule has 152 valence electrons. The molecule has 1 aliphatic carbocycles. The standard InChI is InChI=1S/C22H21N5O2S/c1-26-12-15-8-14(11-23-20(15)25-26)18-9-16(13-2-3-13)17-10-19(30-21(17)24-18)22(28)27-4-6-29-7-5-27/h8-13H,2-7H2,1H3. The number of carbonyl (C=O) groups is 1. The van der Waals surface area contributed by atoms with Crippen molar-refractivity contribution in [3.05, 3.63) is 41.0 Å². The third-order valence-corrected chi connectivity index (χ3v) is 6.85. The molecular formula is C22H21N5O2S. The monoisotopic (exact) mass is 419 g/mol. The summed E-state index contributed by atoms with van der Waals surface area (Å²) in [6, 6.07) is 6.33. The van der Waals surface area contributed by atoms with Crippen LogP contribution in [0.2, 0.25) is 0 Å². The van der Waals surface area contributed by atoms with Gasteiger partial charge in [0, 0.05) is 48.9 Å². The quantitative estimate of drug-likeness (QED) is 0.507. The van der Waals surface area contributed by atoms with Crippen LogP contribution in [-0.4, -0.2) is 56.9 Å². The lowest BCUT2D eigenvalue weighted by molar-refractivity contribution is 0.0306. The highest BCUT2D eigenvalue weighted by atomic mass is 32.1. The minimum Gasteiger partial charge on any atom is -0.378 e. The summed E-state index contributed by atoms with van der Waals surface area (Å²) in [5, 5.41) is 6.48. The number of thiophene rings is 1. The van der Waals surface area contributed by atoms with Gasteiger partial charge in [0.25, 0.3) is 5.91 Å². The normalized spacial score (nSPS) is 17.2. The third-order valence-electron chi connectivity index (χ3n) is 5.83. The van der Waals surface area contributed by atoms with Crippen LogP contribution in [-0.2, 0) is 11.8 Å². The molecule has 7 nitrogen and oxygen atoms in total. The maximum atomic E-state index is 13.0. The van der Waals surface area contributed by atoms with E-state index < -0.39 is 0 Å². The molecule has 0 N–H and O–H groups in total. The van der Waals surface area contributed by atoms with E-state index in [4.69, 9.17) is 9.72 Å². The van der Waals surface area contributed by atoms with Crippen molar-refractivity contribution in [2.24, 2.45) is 7.05 Å². The number of rotatable bonds is 3. The molecule has 1 amide bonds. The first-order valence-corrected chi connectivity index (χ1v) is 11.1. The van der Waals surface area contributed by atoms with Gasteiger partial charge in [0.2, 0.25) is 0 Å². The van der Waals surface area contributed by atoms with E-state index in [-0.39, 0.29) is 5.91 Å². The van der Waals surface area contributed by atoms with Crippen LogP contribution in [0.4, 0.5) is 0 Å². The summed E-state index contributed by atoms with van der Waals surface area (Å²) < 4.78 is 7.16. The Morgan fingerprint density at radius 1 is 1.20 bits per heavy atom. The number of hydrogen-bond acceptors (Lipinski definition) is 6. The molecule has 1 aliphatic heterocycles. The second-order valence-corrected chi connectivity index (χ2v) is 9.08. The molecule has 0 unspecified atom stereocenters. The van der Waals surface area contributed by atoms with Crippen molar-refractivity contribution in [1.82, 2.24) is 24.6 Å². The third kappa shape index (κ3) is 3.07. The van der Waals surface area contributed by atoms with Gasteiger partial charge in [0.1, 0.15) is 4.83 Å². The minimum atomic E-state index is 0.0862. The molecule has 0 spiro atoms. The van der Waals surface area contributed by atoms with Crippen LogP contribution in [0.25, 0.3) is 32.5 Å². The zero-order valence-electron chi connectivity index (χ0n) is 16.7. The molecule has 6 rings (SSSR count). The van der Waals surface area contributed by atoms with E-state index in [0.717, 1.165) is 37.4 Å². The second-order valence-electron chi connectivity index (χ2n) is 8.04. The number of nitrogens with zero attached hydrogens (tertiary/aromatic N) is 5. The molecule has 30 heavy (non-hydrogen) atoms. The predicted molar refractivity (Wildman–Crippen MR) is 116 cm³/mol. The summed E-state index contributed by atoms with van der Waals surface area (Å²) in [6.07, 6.45) is 6.20. The predicted octanol–water partition coefficient (Wildman–Crippen LogP) is 3.59. The molecule has 8 heteroatoms. The topological polar surface area (TPSA) is 73.1 Å². The van der Waals surface area contributed by atoms with Gasteiger partial charge in [0.05, 0.1) is 23.8 Å². The van der Waals surface area contributed by atoms with Gasteiger partial charge in [0.15, 0.2) is 5.65 Å². The Morgan fingerprint density at radius 3 is 2.83 bits per heavy atom. The number of hydrogen-bond donors (Lipinski definition) is 0. The molecule has 2 aliphatic rings. The van der Waals surface area contributed by atoms with Gasteiger partial charge in [-0.1, -0.05) is 0 Å². The average Bonchev–Trinajstić information content (AvgIpc) is 3.41. The Kier molecular flexibility index (Phi) is 4.10. The van der Waals surface area contributed by atoms with Crippen LogP contribution >= 0.6 is 11.3 Å². The molecule has 0 bridgehead atoms. The average molecular weight is 420 g/mol.